The number of fused-ring (bicyclic) bond motifs is 1. The van der Waals surface area contributed by atoms with Crippen LogP contribution in [0.4, 0.5) is 0 Å². The Morgan fingerprint density at radius 2 is 2.00 bits per heavy atom. The Balaban J connectivity index is 2.52. The minimum atomic E-state index is 0.626. The van der Waals surface area contributed by atoms with E-state index in [1.807, 2.05) is 30.3 Å². The van der Waals surface area contributed by atoms with E-state index in [0.29, 0.717) is 6.54 Å². The molecule has 1 aromatic heterocycles. The molecule has 2 radical (unpaired) electrons. The molecule has 14 heavy (non-hydrogen) atoms. The van der Waals surface area contributed by atoms with Crippen LogP contribution in [0.5, 0.6) is 0 Å². The van der Waals surface area contributed by atoms with Gasteiger partial charge in [0.2, 0.25) is 0 Å². The van der Waals surface area contributed by atoms with Crippen molar-refractivity contribution in [1.29, 1.82) is 0 Å². The fourth-order valence-corrected chi connectivity index (χ4v) is 1.46. The molecule has 0 unspecified atom stereocenters. The number of rotatable bonds is 2. The van der Waals surface area contributed by atoms with Gasteiger partial charge in [-0.05, 0) is 18.7 Å². The number of hydrogen-bond acceptors (Lipinski definition) is 2. The molecule has 0 aliphatic heterocycles. The number of pyridine rings is 1. The van der Waals surface area contributed by atoms with Crippen LogP contribution in [-0.2, 0) is 6.42 Å². The Labute approximate surface area is 84.6 Å². The highest BCUT2D eigenvalue weighted by Crippen LogP contribution is 2.10. The van der Waals surface area contributed by atoms with E-state index in [9.17, 15) is 0 Å². The lowest BCUT2D eigenvalue weighted by molar-refractivity contribution is 0.932. The molecular formula is C11H11BN2. The first-order valence-electron chi connectivity index (χ1n) is 4.65. The number of benzene rings is 1. The van der Waals surface area contributed by atoms with Crippen molar-refractivity contribution in [3.8, 4) is 0 Å². The van der Waals surface area contributed by atoms with E-state index in [0.717, 1.165) is 28.5 Å². The third kappa shape index (κ3) is 1.78. The van der Waals surface area contributed by atoms with Gasteiger partial charge >= 0.3 is 0 Å². The van der Waals surface area contributed by atoms with Crippen LogP contribution in [0.25, 0.3) is 10.9 Å². The van der Waals surface area contributed by atoms with E-state index >= 15 is 0 Å². The van der Waals surface area contributed by atoms with Crippen LogP contribution in [0.1, 0.15) is 5.69 Å². The van der Waals surface area contributed by atoms with E-state index in [-0.39, 0.29) is 0 Å². The van der Waals surface area contributed by atoms with Gasteiger partial charge in [0.15, 0.2) is 0 Å². The zero-order valence-corrected chi connectivity index (χ0v) is 7.90. The zero-order chi connectivity index (χ0) is 9.97. The molecule has 2 aromatic rings. The lowest BCUT2D eigenvalue weighted by Gasteiger charge is -2.02. The lowest BCUT2D eigenvalue weighted by Crippen LogP contribution is -2.05. The smallest absolute Gasteiger partial charge is 0.113 e. The van der Waals surface area contributed by atoms with Crippen molar-refractivity contribution in [2.24, 2.45) is 5.73 Å². The van der Waals surface area contributed by atoms with Crippen molar-refractivity contribution >= 4 is 24.2 Å². The SMILES string of the molecule is [B]c1ccc2ccc(CCN)nc2c1. The maximum atomic E-state index is 5.68. The molecule has 0 bridgehead atoms. The molecule has 2 nitrogen and oxygen atoms in total. The minimum absolute atomic E-state index is 0.626. The Morgan fingerprint density at radius 3 is 2.79 bits per heavy atom. The van der Waals surface area contributed by atoms with Crippen LogP contribution in [0.15, 0.2) is 30.3 Å². The predicted octanol–water partition coefficient (Wildman–Crippen LogP) is 0.530. The van der Waals surface area contributed by atoms with Crippen molar-refractivity contribution in [2.45, 2.75) is 6.42 Å². The standard InChI is InChI=1S/C11H11BN2/c12-9-3-1-8-2-4-10(5-6-13)14-11(8)7-9/h1-4,7H,5-6,13H2. The van der Waals surface area contributed by atoms with Crippen LogP contribution in [0.3, 0.4) is 0 Å². The molecule has 0 aliphatic rings. The first-order chi connectivity index (χ1) is 6.79. The highest BCUT2D eigenvalue weighted by atomic mass is 14.7. The van der Waals surface area contributed by atoms with E-state index in [1.54, 1.807) is 0 Å². The van der Waals surface area contributed by atoms with Gasteiger partial charge in [-0.25, -0.2) is 0 Å². The van der Waals surface area contributed by atoms with Crippen LogP contribution >= 0.6 is 0 Å². The molecule has 2 rings (SSSR count). The maximum absolute atomic E-state index is 5.68. The van der Waals surface area contributed by atoms with Crippen molar-refractivity contribution in [3.05, 3.63) is 36.0 Å². The molecule has 0 aliphatic carbocycles. The van der Waals surface area contributed by atoms with E-state index in [2.05, 4.69) is 4.98 Å². The molecular weight excluding hydrogens is 171 g/mol. The van der Waals surface area contributed by atoms with Crippen molar-refractivity contribution in [3.63, 3.8) is 0 Å². The fourth-order valence-electron chi connectivity index (χ4n) is 1.46. The van der Waals surface area contributed by atoms with Gasteiger partial charge in [0, 0.05) is 17.5 Å². The van der Waals surface area contributed by atoms with Gasteiger partial charge in [-0.15, -0.1) is 0 Å². The van der Waals surface area contributed by atoms with E-state index in [4.69, 9.17) is 13.6 Å². The molecule has 2 N–H and O–H groups in total. The Kier molecular flexibility index (Phi) is 2.50. The monoisotopic (exact) mass is 182 g/mol. The summed E-state index contributed by atoms with van der Waals surface area (Å²) in [6.07, 6.45) is 0.810. The summed E-state index contributed by atoms with van der Waals surface area (Å²) in [5, 5.41) is 1.11. The number of nitrogens with zero attached hydrogens (tertiary/aromatic N) is 1. The lowest BCUT2D eigenvalue weighted by atomic mass is 9.95. The Morgan fingerprint density at radius 1 is 1.21 bits per heavy atom. The molecule has 3 heteroatoms. The van der Waals surface area contributed by atoms with Gasteiger partial charge < -0.3 is 5.73 Å². The number of hydrogen-bond donors (Lipinski definition) is 1. The summed E-state index contributed by atoms with van der Waals surface area (Å²) >= 11 is 0. The van der Waals surface area contributed by atoms with Gasteiger partial charge in [-0.3, -0.25) is 4.98 Å². The first kappa shape index (κ1) is 9.22. The van der Waals surface area contributed by atoms with Crippen molar-refractivity contribution in [2.75, 3.05) is 6.54 Å². The van der Waals surface area contributed by atoms with E-state index in [1.165, 1.54) is 0 Å². The minimum Gasteiger partial charge on any atom is -0.330 e. The molecule has 1 aromatic carbocycles. The second kappa shape index (κ2) is 3.80. The highest BCUT2D eigenvalue weighted by molar-refractivity contribution is 6.33. The van der Waals surface area contributed by atoms with E-state index < -0.39 is 0 Å². The van der Waals surface area contributed by atoms with Gasteiger partial charge in [-0.1, -0.05) is 23.7 Å². The molecule has 1 heterocycles. The topological polar surface area (TPSA) is 38.9 Å². The predicted molar refractivity (Wildman–Crippen MR) is 59.9 cm³/mol. The summed E-state index contributed by atoms with van der Waals surface area (Å²) in [4.78, 5) is 4.47. The number of aromatic nitrogens is 1. The molecule has 0 saturated carbocycles. The van der Waals surface area contributed by atoms with Gasteiger partial charge in [0.25, 0.3) is 0 Å². The summed E-state index contributed by atoms with van der Waals surface area (Å²) < 4.78 is 0. The summed E-state index contributed by atoms with van der Waals surface area (Å²) in [6, 6.07) is 9.80. The first-order valence-corrected chi connectivity index (χ1v) is 4.65. The quantitative estimate of drug-likeness (QED) is 0.688. The second-order valence-corrected chi connectivity index (χ2v) is 3.29. The van der Waals surface area contributed by atoms with Crippen LogP contribution in [0, 0.1) is 0 Å². The third-order valence-corrected chi connectivity index (χ3v) is 2.17. The average Bonchev–Trinajstić information content (AvgIpc) is 2.17. The second-order valence-electron chi connectivity index (χ2n) is 3.29. The molecule has 68 valence electrons. The summed E-state index contributed by atoms with van der Waals surface area (Å²) in [6.45, 7) is 0.626. The van der Waals surface area contributed by atoms with Crippen molar-refractivity contribution < 1.29 is 0 Å². The summed E-state index contributed by atoms with van der Waals surface area (Å²) in [5.74, 6) is 0. The molecule has 0 atom stereocenters. The molecule has 0 spiro atoms. The largest absolute Gasteiger partial charge is 0.330 e. The fraction of sp³-hybridized carbons (Fsp3) is 0.182. The molecule has 0 fully saturated rings. The van der Waals surface area contributed by atoms with Gasteiger partial charge in [0.1, 0.15) is 7.85 Å². The van der Waals surface area contributed by atoms with Crippen LogP contribution in [-0.4, -0.2) is 19.4 Å². The number of nitrogens with two attached hydrogens (primary N) is 1. The molecule has 0 amide bonds. The van der Waals surface area contributed by atoms with Crippen LogP contribution < -0.4 is 11.2 Å². The normalized spacial score (nSPS) is 10.6. The Bertz CT molecular complexity index is 454. The molecule has 0 saturated heterocycles. The maximum Gasteiger partial charge on any atom is 0.113 e. The van der Waals surface area contributed by atoms with Crippen molar-refractivity contribution in [1.82, 2.24) is 4.98 Å². The van der Waals surface area contributed by atoms with Gasteiger partial charge in [0.05, 0.1) is 5.52 Å². The summed E-state index contributed by atoms with van der Waals surface area (Å²) in [7, 11) is 5.68. The summed E-state index contributed by atoms with van der Waals surface area (Å²) in [5.41, 5.74) is 8.17. The van der Waals surface area contributed by atoms with Gasteiger partial charge in [-0.2, -0.15) is 0 Å². The Hall–Kier alpha value is -1.35. The highest BCUT2D eigenvalue weighted by Gasteiger charge is 1.97. The van der Waals surface area contributed by atoms with Crippen LogP contribution in [0.2, 0.25) is 0 Å². The third-order valence-electron chi connectivity index (χ3n) is 2.17. The average molecular weight is 182 g/mol. The zero-order valence-electron chi connectivity index (χ0n) is 7.90.